The summed E-state index contributed by atoms with van der Waals surface area (Å²) in [6.45, 7) is 6.37. The van der Waals surface area contributed by atoms with Crippen LogP contribution in [0.15, 0.2) is 12.2 Å². The first kappa shape index (κ1) is 6.45. The summed E-state index contributed by atoms with van der Waals surface area (Å²) in [5, 5.41) is 0. The molecule has 0 aromatic heterocycles. The van der Waals surface area contributed by atoms with Crippen molar-refractivity contribution in [2.45, 2.75) is 32.6 Å². The van der Waals surface area contributed by atoms with Crippen molar-refractivity contribution in [3.8, 4) is 0 Å². The zero-order valence-corrected chi connectivity index (χ0v) is 6.77. The van der Waals surface area contributed by atoms with E-state index in [4.69, 9.17) is 0 Å². The van der Waals surface area contributed by atoms with Crippen molar-refractivity contribution in [3.63, 3.8) is 0 Å². The summed E-state index contributed by atoms with van der Waals surface area (Å²) in [5.74, 6) is 3.12. The number of hydrogen-bond acceptors (Lipinski definition) is 0. The first-order valence-corrected chi connectivity index (χ1v) is 4.50. The zero-order chi connectivity index (χ0) is 7.14. The SMILES string of the molecule is C=C(CC)[C@H]1CCC2CC21. The van der Waals surface area contributed by atoms with Crippen molar-refractivity contribution >= 4 is 0 Å². The van der Waals surface area contributed by atoms with Crippen molar-refractivity contribution in [2.75, 3.05) is 0 Å². The standard InChI is InChI=1S/C10H16/c1-3-7(2)9-5-4-8-6-10(8)9/h8-10H,2-6H2,1H3/t8?,9-,10?/m1/s1. The molecule has 2 unspecified atom stereocenters. The molecular weight excluding hydrogens is 120 g/mol. The predicted octanol–water partition coefficient (Wildman–Crippen LogP) is 3.00. The van der Waals surface area contributed by atoms with Crippen molar-refractivity contribution in [1.82, 2.24) is 0 Å². The minimum absolute atomic E-state index is 0.926. The number of fused-ring (bicyclic) bond motifs is 1. The van der Waals surface area contributed by atoms with E-state index in [0.29, 0.717) is 0 Å². The Morgan fingerprint density at radius 2 is 2.30 bits per heavy atom. The van der Waals surface area contributed by atoms with Crippen LogP contribution in [0, 0.1) is 17.8 Å². The summed E-state index contributed by atoms with van der Waals surface area (Å²) in [6, 6.07) is 0. The topological polar surface area (TPSA) is 0 Å². The van der Waals surface area contributed by atoms with Gasteiger partial charge in [-0.15, -0.1) is 0 Å². The molecule has 0 N–H and O–H groups in total. The Balaban J connectivity index is 1.98. The molecule has 56 valence electrons. The minimum atomic E-state index is 0.926. The molecule has 0 aliphatic heterocycles. The van der Waals surface area contributed by atoms with Crippen LogP contribution in [-0.4, -0.2) is 0 Å². The van der Waals surface area contributed by atoms with Crippen LogP contribution in [0.3, 0.4) is 0 Å². The lowest BCUT2D eigenvalue weighted by molar-refractivity contribution is 0.545. The number of hydrogen-bond donors (Lipinski definition) is 0. The Morgan fingerprint density at radius 3 is 2.70 bits per heavy atom. The fraction of sp³-hybridized carbons (Fsp3) is 0.800. The Morgan fingerprint density at radius 1 is 1.50 bits per heavy atom. The highest BCUT2D eigenvalue weighted by atomic mass is 14.5. The average molecular weight is 136 g/mol. The lowest BCUT2D eigenvalue weighted by Crippen LogP contribution is -2.00. The average Bonchev–Trinajstić information content (AvgIpc) is 2.62. The second-order valence-corrected chi connectivity index (χ2v) is 3.86. The second-order valence-electron chi connectivity index (χ2n) is 3.86. The molecule has 2 saturated carbocycles. The quantitative estimate of drug-likeness (QED) is 0.512. The highest BCUT2D eigenvalue weighted by molar-refractivity contribution is 5.12. The van der Waals surface area contributed by atoms with Gasteiger partial charge < -0.3 is 0 Å². The summed E-state index contributed by atoms with van der Waals surface area (Å²) >= 11 is 0. The van der Waals surface area contributed by atoms with Gasteiger partial charge in [-0.25, -0.2) is 0 Å². The summed E-state index contributed by atoms with van der Waals surface area (Å²) in [5.41, 5.74) is 1.52. The van der Waals surface area contributed by atoms with Crippen LogP contribution >= 0.6 is 0 Å². The van der Waals surface area contributed by atoms with E-state index in [2.05, 4.69) is 13.5 Å². The normalized spacial score (nSPS) is 43.1. The zero-order valence-electron chi connectivity index (χ0n) is 6.77. The van der Waals surface area contributed by atoms with E-state index >= 15 is 0 Å². The summed E-state index contributed by atoms with van der Waals surface area (Å²) in [7, 11) is 0. The summed E-state index contributed by atoms with van der Waals surface area (Å²) in [6.07, 6.45) is 5.66. The molecule has 0 radical (unpaired) electrons. The van der Waals surface area contributed by atoms with Gasteiger partial charge in [0, 0.05) is 0 Å². The van der Waals surface area contributed by atoms with Crippen molar-refractivity contribution < 1.29 is 0 Å². The highest BCUT2D eigenvalue weighted by Crippen LogP contribution is 2.57. The van der Waals surface area contributed by atoms with Crippen LogP contribution < -0.4 is 0 Å². The fourth-order valence-electron chi connectivity index (χ4n) is 2.47. The van der Waals surface area contributed by atoms with Gasteiger partial charge in [-0.1, -0.05) is 19.1 Å². The van der Waals surface area contributed by atoms with Crippen LogP contribution in [0.4, 0.5) is 0 Å². The Bertz CT molecular complexity index is 157. The van der Waals surface area contributed by atoms with Gasteiger partial charge in [-0.05, 0) is 43.4 Å². The molecule has 0 amide bonds. The van der Waals surface area contributed by atoms with Gasteiger partial charge in [-0.3, -0.25) is 0 Å². The van der Waals surface area contributed by atoms with Crippen molar-refractivity contribution in [2.24, 2.45) is 17.8 Å². The third kappa shape index (κ3) is 0.817. The van der Waals surface area contributed by atoms with Crippen molar-refractivity contribution in [3.05, 3.63) is 12.2 Å². The third-order valence-electron chi connectivity index (χ3n) is 3.32. The fourth-order valence-corrected chi connectivity index (χ4v) is 2.47. The van der Waals surface area contributed by atoms with Crippen LogP contribution in [0.1, 0.15) is 32.6 Å². The number of allylic oxidation sites excluding steroid dienone is 1. The third-order valence-corrected chi connectivity index (χ3v) is 3.32. The first-order chi connectivity index (χ1) is 4.83. The van der Waals surface area contributed by atoms with E-state index in [9.17, 15) is 0 Å². The largest absolute Gasteiger partial charge is 0.0996 e. The maximum absolute atomic E-state index is 4.13. The van der Waals surface area contributed by atoms with Crippen LogP contribution in [0.2, 0.25) is 0 Å². The van der Waals surface area contributed by atoms with Gasteiger partial charge in [0.1, 0.15) is 0 Å². The van der Waals surface area contributed by atoms with E-state index in [-0.39, 0.29) is 0 Å². The first-order valence-electron chi connectivity index (χ1n) is 4.50. The maximum Gasteiger partial charge on any atom is -0.0175 e. The lowest BCUT2D eigenvalue weighted by atomic mass is 9.93. The summed E-state index contributed by atoms with van der Waals surface area (Å²) < 4.78 is 0. The molecule has 2 rings (SSSR count). The van der Waals surface area contributed by atoms with E-state index in [1.165, 1.54) is 31.3 Å². The molecule has 0 saturated heterocycles. The van der Waals surface area contributed by atoms with Gasteiger partial charge in [0.05, 0.1) is 0 Å². The van der Waals surface area contributed by atoms with Gasteiger partial charge in [0.15, 0.2) is 0 Å². The summed E-state index contributed by atoms with van der Waals surface area (Å²) in [4.78, 5) is 0. The molecule has 2 fully saturated rings. The Kier molecular flexibility index (Phi) is 1.36. The molecule has 0 heteroatoms. The Labute approximate surface area is 63.3 Å². The molecule has 2 aliphatic carbocycles. The smallest absolute Gasteiger partial charge is 0.0175 e. The van der Waals surface area contributed by atoms with E-state index in [1.54, 1.807) is 0 Å². The number of rotatable bonds is 2. The van der Waals surface area contributed by atoms with E-state index in [0.717, 1.165) is 17.8 Å². The molecular formula is C10H16. The molecule has 0 aromatic carbocycles. The van der Waals surface area contributed by atoms with Crippen LogP contribution in [-0.2, 0) is 0 Å². The maximum atomic E-state index is 4.13. The molecule has 0 aromatic rings. The molecule has 0 nitrogen and oxygen atoms in total. The minimum Gasteiger partial charge on any atom is -0.0996 e. The van der Waals surface area contributed by atoms with E-state index in [1.807, 2.05) is 0 Å². The molecule has 0 bridgehead atoms. The van der Waals surface area contributed by atoms with Gasteiger partial charge in [0.25, 0.3) is 0 Å². The molecule has 0 spiro atoms. The molecule has 0 heterocycles. The van der Waals surface area contributed by atoms with E-state index < -0.39 is 0 Å². The van der Waals surface area contributed by atoms with Crippen LogP contribution in [0.5, 0.6) is 0 Å². The predicted molar refractivity (Wildman–Crippen MR) is 43.8 cm³/mol. The van der Waals surface area contributed by atoms with Crippen molar-refractivity contribution in [1.29, 1.82) is 0 Å². The lowest BCUT2D eigenvalue weighted by Gasteiger charge is -2.12. The highest BCUT2D eigenvalue weighted by Gasteiger charge is 2.48. The molecule has 3 atom stereocenters. The molecule has 10 heavy (non-hydrogen) atoms. The monoisotopic (exact) mass is 136 g/mol. The second kappa shape index (κ2) is 2.11. The van der Waals surface area contributed by atoms with Crippen LogP contribution in [0.25, 0.3) is 0 Å². The Hall–Kier alpha value is -0.260. The van der Waals surface area contributed by atoms with Gasteiger partial charge in [0.2, 0.25) is 0 Å². The van der Waals surface area contributed by atoms with Gasteiger partial charge in [-0.2, -0.15) is 0 Å². The van der Waals surface area contributed by atoms with Gasteiger partial charge >= 0.3 is 0 Å². The molecule has 2 aliphatic rings.